The molecule has 0 unspecified atom stereocenters. The molecule has 2 nitrogen and oxygen atoms in total. The van der Waals surface area contributed by atoms with Gasteiger partial charge in [0.15, 0.2) is 0 Å². The zero-order valence-corrected chi connectivity index (χ0v) is 10.1. The van der Waals surface area contributed by atoms with Crippen molar-refractivity contribution in [3.63, 3.8) is 0 Å². The fourth-order valence-corrected chi connectivity index (χ4v) is 2.26. The van der Waals surface area contributed by atoms with E-state index < -0.39 is 11.7 Å². The van der Waals surface area contributed by atoms with E-state index in [2.05, 4.69) is 4.98 Å². The molecule has 1 aromatic heterocycles. The van der Waals surface area contributed by atoms with Crippen LogP contribution < -0.4 is 0 Å². The minimum atomic E-state index is -4.53. The monoisotopic (exact) mass is 268 g/mol. The van der Waals surface area contributed by atoms with Gasteiger partial charge < -0.3 is 0 Å². The van der Waals surface area contributed by atoms with Gasteiger partial charge >= 0.3 is 6.18 Å². The molecule has 6 heteroatoms. The number of hydrogen-bond donors (Lipinski definition) is 0. The van der Waals surface area contributed by atoms with Gasteiger partial charge in [0.2, 0.25) is 0 Å². The normalized spacial score (nSPS) is 11.3. The van der Waals surface area contributed by atoms with E-state index in [1.165, 1.54) is 23.5 Å². The maximum absolute atomic E-state index is 12.8. The van der Waals surface area contributed by atoms with Gasteiger partial charge in [0.1, 0.15) is 5.01 Å². The maximum atomic E-state index is 12.8. The highest BCUT2D eigenvalue weighted by atomic mass is 32.1. The van der Waals surface area contributed by atoms with Crippen LogP contribution in [0.5, 0.6) is 0 Å². The first-order valence-electron chi connectivity index (χ1n) is 4.96. The van der Waals surface area contributed by atoms with E-state index in [9.17, 15) is 13.2 Å². The number of hydrogen-bond acceptors (Lipinski definition) is 3. The molecule has 18 heavy (non-hydrogen) atoms. The number of alkyl halides is 3. The van der Waals surface area contributed by atoms with Gasteiger partial charge in [-0.1, -0.05) is 6.07 Å². The second kappa shape index (κ2) is 4.42. The second-order valence-electron chi connectivity index (χ2n) is 3.65. The van der Waals surface area contributed by atoms with Crippen LogP contribution in [0.1, 0.15) is 16.0 Å². The molecule has 92 valence electrons. The van der Waals surface area contributed by atoms with Gasteiger partial charge in [-0.25, -0.2) is 4.98 Å². The number of halogens is 3. The lowest BCUT2D eigenvalue weighted by atomic mass is 10.0. The summed E-state index contributed by atoms with van der Waals surface area (Å²) >= 11 is 1.31. The molecule has 0 fully saturated rings. The number of benzene rings is 1. The Balaban J connectivity index is 2.57. The molecule has 0 atom stereocenters. The lowest BCUT2D eigenvalue weighted by Gasteiger charge is -2.09. The van der Waals surface area contributed by atoms with Crippen molar-refractivity contribution in [2.75, 3.05) is 0 Å². The van der Waals surface area contributed by atoms with E-state index in [1.807, 2.05) is 6.92 Å². The summed E-state index contributed by atoms with van der Waals surface area (Å²) in [6, 6.07) is 5.17. The minimum absolute atomic E-state index is 0.374. The number of nitrogens with zero attached hydrogens (tertiary/aromatic N) is 2. The van der Waals surface area contributed by atoms with Gasteiger partial charge in [0.25, 0.3) is 0 Å². The predicted molar refractivity (Wildman–Crippen MR) is 62.0 cm³/mol. The molecule has 0 aliphatic carbocycles. The molecule has 0 radical (unpaired) electrons. The highest BCUT2D eigenvalue weighted by Gasteiger charge is 2.34. The van der Waals surface area contributed by atoms with E-state index in [0.717, 1.165) is 10.9 Å². The Morgan fingerprint density at radius 1 is 1.33 bits per heavy atom. The molecule has 0 bridgehead atoms. The smallest absolute Gasteiger partial charge is 0.244 e. The van der Waals surface area contributed by atoms with Crippen molar-refractivity contribution in [2.45, 2.75) is 13.1 Å². The quantitative estimate of drug-likeness (QED) is 0.783. The number of rotatable bonds is 1. The van der Waals surface area contributed by atoms with Crippen LogP contribution in [0.25, 0.3) is 10.6 Å². The van der Waals surface area contributed by atoms with Gasteiger partial charge in [-0.2, -0.15) is 18.4 Å². The third-order valence-corrected chi connectivity index (χ3v) is 3.28. The number of aromatic nitrogens is 1. The molecule has 2 rings (SSSR count). The second-order valence-corrected chi connectivity index (χ2v) is 4.88. The summed E-state index contributed by atoms with van der Waals surface area (Å²) in [7, 11) is 0. The van der Waals surface area contributed by atoms with Crippen LogP contribution in [0.4, 0.5) is 13.2 Å². The summed E-state index contributed by atoms with van der Waals surface area (Å²) in [5, 5.41) is 9.20. The van der Waals surface area contributed by atoms with E-state index in [0.29, 0.717) is 10.6 Å². The number of nitriles is 1. The van der Waals surface area contributed by atoms with Crippen molar-refractivity contribution < 1.29 is 13.2 Å². The van der Waals surface area contributed by atoms with E-state index in [1.54, 1.807) is 12.3 Å². The molecule has 0 aliphatic rings. The van der Waals surface area contributed by atoms with Crippen molar-refractivity contribution in [3.05, 3.63) is 40.4 Å². The predicted octanol–water partition coefficient (Wildman–Crippen LogP) is 4.01. The molecule has 0 spiro atoms. The fraction of sp³-hybridized carbons (Fsp3) is 0.167. The summed E-state index contributed by atoms with van der Waals surface area (Å²) in [6.45, 7) is 1.83. The third kappa shape index (κ3) is 2.36. The van der Waals surface area contributed by atoms with Gasteiger partial charge in [0, 0.05) is 16.6 Å². The molecular formula is C12H7F3N2S. The summed E-state index contributed by atoms with van der Waals surface area (Å²) in [6.07, 6.45) is -2.93. The van der Waals surface area contributed by atoms with Gasteiger partial charge in [-0.15, -0.1) is 11.3 Å². The van der Waals surface area contributed by atoms with Crippen LogP contribution in [0.15, 0.2) is 24.4 Å². The zero-order valence-electron chi connectivity index (χ0n) is 9.25. The summed E-state index contributed by atoms with van der Waals surface area (Å²) in [5.41, 5.74) is -0.922. The number of aryl methyl sites for hydroxylation is 1. The van der Waals surface area contributed by atoms with E-state index >= 15 is 0 Å². The summed E-state index contributed by atoms with van der Waals surface area (Å²) in [5.74, 6) is 0. The molecule has 1 aromatic carbocycles. The largest absolute Gasteiger partial charge is 0.417 e. The van der Waals surface area contributed by atoms with Crippen LogP contribution in [-0.2, 0) is 6.18 Å². The third-order valence-electron chi connectivity index (χ3n) is 2.31. The Morgan fingerprint density at radius 2 is 2.06 bits per heavy atom. The van der Waals surface area contributed by atoms with Crippen molar-refractivity contribution in [1.82, 2.24) is 4.98 Å². The van der Waals surface area contributed by atoms with Crippen molar-refractivity contribution in [2.24, 2.45) is 0 Å². The summed E-state index contributed by atoms with van der Waals surface area (Å²) in [4.78, 5) is 4.95. The SMILES string of the molecule is Cc1cnc(-c2ccc(C#N)c(C(F)(F)F)c2)s1. The Morgan fingerprint density at radius 3 is 2.56 bits per heavy atom. The highest BCUT2D eigenvalue weighted by molar-refractivity contribution is 7.14. The Kier molecular flexibility index (Phi) is 3.09. The first kappa shape index (κ1) is 12.6. The van der Waals surface area contributed by atoms with Crippen LogP contribution in [-0.4, -0.2) is 4.98 Å². The Labute approximate surface area is 105 Å². The first-order valence-corrected chi connectivity index (χ1v) is 5.77. The van der Waals surface area contributed by atoms with Crippen molar-refractivity contribution >= 4 is 11.3 Å². The van der Waals surface area contributed by atoms with Crippen molar-refractivity contribution in [3.8, 4) is 16.6 Å². The maximum Gasteiger partial charge on any atom is 0.417 e. The zero-order chi connectivity index (χ0) is 13.3. The fourth-order valence-electron chi connectivity index (χ4n) is 1.50. The Bertz CT molecular complexity index is 623. The molecule has 0 amide bonds. The van der Waals surface area contributed by atoms with Gasteiger partial charge in [0.05, 0.1) is 17.2 Å². The van der Waals surface area contributed by atoms with E-state index in [4.69, 9.17) is 5.26 Å². The lowest BCUT2D eigenvalue weighted by molar-refractivity contribution is -0.137. The number of thiazole rings is 1. The van der Waals surface area contributed by atoms with Crippen LogP contribution in [0, 0.1) is 18.3 Å². The summed E-state index contributed by atoms with van der Waals surface area (Å²) < 4.78 is 38.3. The van der Waals surface area contributed by atoms with Gasteiger partial charge in [-0.3, -0.25) is 0 Å². The van der Waals surface area contributed by atoms with Crippen molar-refractivity contribution in [1.29, 1.82) is 5.26 Å². The minimum Gasteiger partial charge on any atom is -0.244 e. The van der Waals surface area contributed by atoms with Gasteiger partial charge in [-0.05, 0) is 19.1 Å². The Hall–Kier alpha value is -1.87. The molecule has 0 saturated carbocycles. The lowest BCUT2D eigenvalue weighted by Crippen LogP contribution is -2.07. The topological polar surface area (TPSA) is 36.7 Å². The van der Waals surface area contributed by atoms with Crippen LogP contribution in [0.2, 0.25) is 0 Å². The molecule has 0 N–H and O–H groups in total. The van der Waals surface area contributed by atoms with Crippen LogP contribution >= 0.6 is 11.3 Å². The molecule has 0 saturated heterocycles. The van der Waals surface area contributed by atoms with E-state index in [-0.39, 0.29) is 5.56 Å². The standard InChI is InChI=1S/C12H7F3N2S/c1-7-6-17-11(18-7)8-2-3-9(5-16)10(4-8)12(13,14)15/h2-4,6H,1H3. The molecule has 0 aliphatic heterocycles. The van der Waals surface area contributed by atoms with Crippen LogP contribution in [0.3, 0.4) is 0 Å². The molecule has 2 aromatic rings. The molecular weight excluding hydrogens is 261 g/mol. The molecule has 1 heterocycles. The first-order chi connectivity index (χ1) is 8.41. The highest BCUT2D eigenvalue weighted by Crippen LogP contribution is 2.35. The average molecular weight is 268 g/mol. The average Bonchev–Trinajstić information content (AvgIpc) is 2.74.